The molecule has 3 rings (SSSR count). The van der Waals surface area contributed by atoms with Crippen molar-refractivity contribution in [1.29, 1.82) is 0 Å². The summed E-state index contributed by atoms with van der Waals surface area (Å²) in [6, 6.07) is 6.96. The lowest BCUT2D eigenvalue weighted by molar-refractivity contribution is 0.171. The highest BCUT2D eigenvalue weighted by molar-refractivity contribution is 7.71. The van der Waals surface area contributed by atoms with Crippen LogP contribution in [0.4, 0.5) is 0 Å². The highest BCUT2D eigenvalue weighted by atomic mass is 32.1. The van der Waals surface area contributed by atoms with Crippen LogP contribution in [0.15, 0.2) is 29.1 Å². The third-order valence-electron chi connectivity index (χ3n) is 2.61. The zero-order valence-electron chi connectivity index (χ0n) is 9.36. The van der Waals surface area contributed by atoms with Crippen molar-refractivity contribution in [2.75, 3.05) is 13.2 Å². The van der Waals surface area contributed by atoms with E-state index in [9.17, 15) is 4.79 Å². The maximum atomic E-state index is 11.4. The van der Waals surface area contributed by atoms with Crippen molar-refractivity contribution < 1.29 is 9.47 Å². The van der Waals surface area contributed by atoms with Crippen molar-refractivity contribution in [1.82, 2.24) is 9.97 Å². The maximum Gasteiger partial charge on any atom is 0.252 e. The Kier molecular flexibility index (Phi) is 2.64. The highest BCUT2D eigenvalue weighted by Gasteiger charge is 2.12. The van der Waals surface area contributed by atoms with Crippen LogP contribution in [0.2, 0.25) is 0 Å². The van der Waals surface area contributed by atoms with Crippen molar-refractivity contribution in [3.8, 4) is 22.8 Å². The first-order valence-electron chi connectivity index (χ1n) is 5.46. The van der Waals surface area contributed by atoms with Crippen molar-refractivity contribution in [2.24, 2.45) is 0 Å². The van der Waals surface area contributed by atoms with Gasteiger partial charge in [-0.2, -0.15) is 0 Å². The standard InChI is InChI=1S/C12H10N2O3S/c15-11-6-8(13-12(18)14-11)7-1-2-9-10(5-7)17-4-3-16-9/h1-2,5-6H,3-4H2,(H2,13,14,15,18). The topological polar surface area (TPSA) is 67.1 Å². The molecule has 0 bridgehead atoms. The summed E-state index contributed by atoms with van der Waals surface area (Å²) in [5.74, 6) is 1.40. The number of aromatic amines is 2. The summed E-state index contributed by atoms with van der Waals surface area (Å²) in [5, 5.41) is 0. The Bertz CT molecular complexity index is 677. The summed E-state index contributed by atoms with van der Waals surface area (Å²) in [6.07, 6.45) is 0. The molecular weight excluding hydrogens is 252 g/mol. The molecule has 0 aliphatic carbocycles. The monoisotopic (exact) mass is 262 g/mol. The normalized spacial score (nSPS) is 13.3. The fraction of sp³-hybridized carbons (Fsp3) is 0.167. The van der Waals surface area contributed by atoms with E-state index in [0.29, 0.717) is 35.2 Å². The summed E-state index contributed by atoms with van der Waals surface area (Å²) < 4.78 is 11.2. The Labute approximate surface area is 107 Å². The van der Waals surface area contributed by atoms with Crippen molar-refractivity contribution in [3.63, 3.8) is 0 Å². The average molecular weight is 262 g/mol. The second kappa shape index (κ2) is 4.30. The molecule has 0 fully saturated rings. The molecule has 2 N–H and O–H groups in total. The first-order chi connectivity index (χ1) is 8.72. The van der Waals surface area contributed by atoms with E-state index in [2.05, 4.69) is 9.97 Å². The Morgan fingerprint density at radius 1 is 1.06 bits per heavy atom. The van der Waals surface area contributed by atoms with Crippen LogP contribution in [0.3, 0.4) is 0 Å². The van der Waals surface area contributed by atoms with Gasteiger partial charge in [0.1, 0.15) is 13.2 Å². The van der Waals surface area contributed by atoms with Gasteiger partial charge in [-0.15, -0.1) is 0 Å². The molecule has 1 aromatic carbocycles. The minimum Gasteiger partial charge on any atom is -0.486 e. The van der Waals surface area contributed by atoms with E-state index in [4.69, 9.17) is 21.7 Å². The predicted molar refractivity (Wildman–Crippen MR) is 68.7 cm³/mol. The summed E-state index contributed by atoms with van der Waals surface area (Å²) in [4.78, 5) is 16.8. The molecule has 2 aromatic rings. The van der Waals surface area contributed by atoms with Gasteiger partial charge >= 0.3 is 0 Å². The molecule has 2 heterocycles. The number of H-pyrrole nitrogens is 2. The third kappa shape index (κ3) is 2.02. The highest BCUT2D eigenvalue weighted by Crippen LogP contribution is 2.33. The van der Waals surface area contributed by atoms with Gasteiger partial charge in [-0.05, 0) is 30.4 Å². The van der Waals surface area contributed by atoms with Gasteiger partial charge < -0.3 is 14.5 Å². The van der Waals surface area contributed by atoms with Crippen LogP contribution in [-0.2, 0) is 0 Å². The zero-order chi connectivity index (χ0) is 12.5. The van der Waals surface area contributed by atoms with Crippen LogP contribution < -0.4 is 15.0 Å². The van der Waals surface area contributed by atoms with Crippen LogP contribution in [0, 0.1) is 4.77 Å². The van der Waals surface area contributed by atoms with Crippen molar-refractivity contribution in [2.45, 2.75) is 0 Å². The quantitative estimate of drug-likeness (QED) is 0.770. The van der Waals surface area contributed by atoms with Crippen LogP contribution >= 0.6 is 12.2 Å². The van der Waals surface area contributed by atoms with E-state index < -0.39 is 0 Å². The maximum absolute atomic E-state index is 11.4. The molecule has 0 radical (unpaired) electrons. The Balaban J connectivity index is 2.11. The molecule has 1 aliphatic rings. The summed E-state index contributed by atoms with van der Waals surface area (Å²) in [6.45, 7) is 1.08. The van der Waals surface area contributed by atoms with E-state index >= 15 is 0 Å². The molecule has 0 spiro atoms. The molecular formula is C12H10N2O3S. The van der Waals surface area contributed by atoms with Gasteiger partial charge in [0.15, 0.2) is 16.3 Å². The molecule has 1 aromatic heterocycles. The van der Waals surface area contributed by atoms with Gasteiger partial charge in [-0.1, -0.05) is 0 Å². The predicted octanol–water partition coefficient (Wildman–Crippen LogP) is 1.87. The minimum atomic E-state index is -0.233. The first kappa shape index (κ1) is 11.0. The number of benzene rings is 1. The summed E-state index contributed by atoms with van der Waals surface area (Å²) in [7, 11) is 0. The molecule has 0 atom stereocenters. The van der Waals surface area contributed by atoms with Crippen LogP contribution in [-0.4, -0.2) is 23.2 Å². The summed E-state index contributed by atoms with van der Waals surface area (Å²) >= 11 is 4.94. The fourth-order valence-corrected chi connectivity index (χ4v) is 2.05. The second-order valence-electron chi connectivity index (χ2n) is 3.86. The van der Waals surface area contributed by atoms with Crippen LogP contribution in [0.5, 0.6) is 11.5 Å². The second-order valence-corrected chi connectivity index (χ2v) is 4.27. The Morgan fingerprint density at radius 2 is 1.83 bits per heavy atom. The fourth-order valence-electron chi connectivity index (χ4n) is 1.84. The molecule has 0 saturated carbocycles. The molecule has 5 nitrogen and oxygen atoms in total. The molecule has 1 aliphatic heterocycles. The number of aromatic nitrogens is 2. The zero-order valence-corrected chi connectivity index (χ0v) is 10.2. The molecule has 0 unspecified atom stereocenters. The molecule has 18 heavy (non-hydrogen) atoms. The summed E-state index contributed by atoms with van der Waals surface area (Å²) in [5.41, 5.74) is 1.25. The minimum absolute atomic E-state index is 0.233. The lowest BCUT2D eigenvalue weighted by Crippen LogP contribution is -2.15. The van der Waals surface area contributed by atoms with Crippen LogP contribution in [0.1, 0.15) is 0 Å². The number of fused-ring (bicyclic) bond motifs is 1. The number of rotatable bonds is 1. The molecule has 0 amide bonds. The van der Waals surface area contributed by atoms with Crippen molar-refractivity contribution in [3.05, 3.63) is 39.4 Å². The molecule has 0 saturated heterocycles. The van der Waals surface area contributed by atoms with E-state index in [0.717, 1.165) is 5.56 Å². The molecule has 6 heteroatoms. The van der Waals surface area contributed by atoms with Gasteiger partial charge in [-0.3, -0.25) is 9.78 Å². The van der Waals surface area contributed by atoms with Crippen molar-refractivity contribution >= 4 is 12.2 Å². The number of nitrogens with one attached hydrogen (secondary N) is 2. The van der Waals surface area contributed by atoms with Gasteiger partial charge in [0.05, 0.1) is 5.69 Å². The lowest BCUT2D eigenvalue weighted by atomic mass is 10.1. The number of hydrogen-bond donors (Lipinski definition) is 2. The van der Waals surface area contributed by atoms with Gasteiger partial charge in [0.25, 0.3) is 5.56 Å². The number of hydrogen-bond acceptors (Lipinski definition) is 4. The molecule has 92 valence electrons. The largest absolute Gasteiger partial charge is 0.486 e. The SMILES string of the molecule is O=c1cc(-c2ccc3c(c2)OCCO3)[nH]c(=S)[nH]1. The number of ether oxygens (including phenoxy) is 2. The smallest absolute Gasteiger partial charge is 0.252 e. The van der Waals surface area contributed by atoms with E-state index in [1.807, 2.05) is 18.2 Å². The first-order valence-corrected chi connectivity index (χ1v) is 5.87. The third-order valence-corrected chi connectivity index (χ3v) is 2.82. The van der Waals surface area contributed by atoms with Crippen LogP contribution in [0.25, 0.3) is 11.3 Å². The van der Waals surface area contributed by atoms with E-state index in [-0.39, 0.29) is 5.56 Å². The van der Waals surface area contributed by atoms with Gasteiger partial charge in [0, 0.05) is 11.6 Å². The van der Waals surface area contributed by atoms with Gasteiger partial charge in [0.2, 0.25) is 0 Å². The lowest BCUT2D eigenvalue weighted by Gasteiger charge is -2.18. The Hall–Kier alpha value is -2.08. The Morgan fingerprint density at radius 3 is 2.61 bits per heavy atom. The van der Waals surface area contributed by atoms with E-state index in [1.165, 1.54) is 6.07 Å². The van der Waals surface area contributed by atoms with E-state index in [1.54, 1.807) is 0 Å². The van der Waals surface area contributed by atoms with Gasteiger partial charge in [-0.25, -0.2) is 0 Å². The average Bonchev–Trinajstić information content (AvgIpc) is 2.37.